The summed E-state index contributed by atoms with van der Waals surface area (Å²) in [5, 5.41) is 2.92. The molecule has 2 saturated heterocycles. The predicted molar refractivity (Wildman–Crippen MR) is 209 cm³/mol. The van der Waals surface area contributed by atoms with Crippen LogP contribution in [0, 0.1) is 0 Å². The van der Waals surface area contributed by atoms with Crippen LogP contribution in [0.5, 0.6) is 5.75 Å². The van der Waals surface area contributed by atoms with E-state index in [1.807, 2.05) is 36.4 Å². The number of para-hydroxylation sites is 3. The molecule has 2 spiro atoms. The fraction of sp³-hybridized carbons (Fsp3) is 0.372. The Balaban J connectivity index is 0.000000177. The van der Waals surface area contributed by atoms with Crippen LogP contribution in [0.3, 0.4) is 0 Å². The summed E-state index contributed by atoms with van der Waals surface area (Å²) in [6.07, 6.45) is -6.29. The summed E-state index contributed by atoms with van der Waals surface area (Å²) in [4.78, 5) is 43.4. The Kier molecular flexibility index (Phi) is 11.5. The number of carbonyl (C=O) groups is 3. The Bertz CT molecular complexity index is 2160. The Morgan fingerprint density at radius 2 is 1.26 bits per heavy atom. The van der Waals surface area contributed by atoms with E-state index in [-0.39, 0.29) is 39.5 Å². The molecule has 4 aliphatic rings. The van der Waals surface area contributed by atoms with E-state index in [4.69, 9.17) is 4.74 Å². The average molecular weight is 825 g/mol. The van der Waals surface area contributed by atoms with Crippen LogP contribution in [0.1, 0.15) is 47.9 Å². The van der Waals surface area contributed by atoms with Gasteiger partial charge in [0, 0.05) is 61.5 Å². The van der Waals surface area contributed by atoms with Gasteiger partial charge in [0.2, 0.25) is 11.8 Å². The molecule has 4 aliphatic heterocycles. The maximum absolute atomic E-state index is 13.1. The summed E-state index contributed by atoms with van der Waals surface area (Å²) in [5.74, 6) is -0.916. The van der Waals surface area contributed by atoms with Crippen molar-refractivity contribution in [3.05, 3.63) is 119 Å². The fourth-order valence-corrected chi connectivity index (χ4v) is 9.59. The van der Waals surface area contributed by atoms with Gasteiger partial charge in [-0.1, -0.05) is 60.7 Å². The van der Waals surface area contributed by atoms with E-state index in [1.54, 1.807) is 9.80 Å². The van der Waals surface area contributed by atoms with Gasteiger partial charge in [-0.2, -0.15) is 26.3 Å². The lowest BCUT2D eigenvalue weighted by Gasteiger charge is -2.39. The molecule has 0 bridgehead atoms. The van der Waals surface area contributed by atoms with E-state index in [1.165, 1.54) is 47.6 Å². The molecule has 0 aliphatic carbocycles. The summed E-state index contributed by atoms with van der Waals surface area (Å²) in [6, 6.07) is 26.2. The summed E-state index contributed by atoms with van der Waals surface area (Å²) in [6.45, 7) is 2.49. The number of carbonyl (C=O) groups excluding carboxylic acids is 3. The van der Waals surface area contributed by atoms with Gasteiger partial charge in [0.15, 0.2) is 6.61 Å². The lowest BCUT2D eigenvalue weighted by Crippen LogP contribution is -2.48. The number of halogens is 6. The molecule has 58 heavy (non-hydrogen) atoms. The van der Waals surface area contributed by atoms with Crippen LogP contribution in [0.15, 0.2) is 102 Å². The number of likely N-dealkylation sites (tertiary alicyclic amines) is 2. The van der Waals surface area contributed by atoms with Crippen molar-refractivity contribution >= 4 is 40.9 Å². The van der Waals surface area contributed by atoms with Crippen molar-refractivity contribution in [2.75, 3.05) is 62.3 Å². The van der Waals surface area contributed by atoms with Gasteiger partial charge in [-0.3, -0.25) is 14.4 Å². The van der Waals surface area contributed by atoms with Crippen molar-refractivity contribution in [2.45, 2.75) is 53.8 Å². The SMILES string of the molecule is CN1CC2(CCN(C(=O)COc3ccccc3C(F)(F)F)CC2)c2ccccc21.O=C(CSc1ccccc1C(F)(F)F)N1CCC2(CC1)C(=O)Nc1ccccc12. The van der Waals surface area contributed by atoms with Gasteiger partial charge in [0.05, 0.1) is 22.3 Å². The molecule has 0 atom stereocenters. The number of rotatable bonds is 6. The predicted octanol–water partition coefficient (Wildman–Crippen LogP) is 8.40. The van der Waals surface area contributed by atoms with Gasteiger partial charge < -0.3 is 24.8 Å². The summed E-state index contributed by atoms with van der Waals surface area (Å²) < 4.78 is 83.8. The molecule has 8 nitrogen and oxygen atoms in total. The average Bonchev–Trinajstić information content (AvgIpc) is 3.64. The zero-order valence-corrected chi connectivity index (χ0v) is 32.5. The highest BCUT2D eigenvalue weighted by molar-refractivity contribution is 8.00. The molecule has 0 unspecified atom stereocenters. The van der Waals surface area contributed by atoms with Gasteiger partial charge in [-0.15, -0.1) is 11.8 Å². The van der Waals surface area contributed by atoms with E-state index in [9.17, 15) is 40.7 Å². The van der Waals surface area contributed by atoms with Crippen molar-refractivity contribution in [3.8, 4) is 5.75 Å². The van der Waals surface area contributed by atoms with E-state index in [0.717, 1.165) is 54.5 Å². The van der Waals surface area contributed by atoms with Crippen LogP contribution in [-0.2, 0) is 37.6 Å². The topological polar surface area (TPSA) is 82.2 Å². The van der Waals surface area contributed by atoms with Crippen LogP contribution >= 0.6 is 11.8 Å². The third-order valence-corrected chi connectivity index (χ3v) is 12.7. The quantitative estimate of drug-likeness (QED) is 0.156. The highest BCUT2D eigenvalue weighted by Gasteiger charge is 2.49. The molecule has 0 radical (unpaired) electrons. The molecular weight excluding hydrogens is 783 g/mol. The maximum atomic E-state index is 13.1. The van der Waals surface area contributed by atoms with Crippen LogP contribution in [-0.4, -0.2) is 79.7 Å². The fourth-order valence-electron chi connectivity index (χ4n) is 8.61. The molecular formula is C43H42F6N4O4S. The van der Waals surface area contributed by atoms with E-state index in [2.05, 4.69) is 29.4 Å². The second-order valence-electron chi connectivity index (χ2n) is 15.1. The van der Waals surface area contributed by atoms with Gasteiger partial charge in [0.1, 0.15) is 5.75 Å². The van der Waals surface area contributed by atoms with Crippen LogP contribution in [0.4, 0.5) is 37.7 Å². The Hall–Kier alpha value is -5.18. The van der Waals surface area contributed by atoms with Crippen molar-refractivity contribution < 1.29 is 45.5 Å². The Labute approximate surface area is 336 Å². The minimum atomic E-state index is -4.51. The van der Waals surface area contributed by atoms with E-state index < -0.39 is 35.5 Å². The summed E-state index contributed by atoms with van der Waals surface area (Å²) >= 11 is 0.898. The van der Waals surface area contributed by atoms with Gasteiger partial charge in [-0.25, -0.2) is 0 Å². The molecule has 3 amide bonds. The monoisotopic (exact) mass is 824 g/mol. The number of piperidine rings is 2. The summed E-state index contributed by atoms with van der Waals surface area (Å²) in [5.41, 5.74) is 2.16. The third kappa shape index (κ3) is 8.23. The standard InChI is InChI=1S/C22H23F3N2O2.C21H19F3N2O2S/c1-26-15-21(16-6-2-4-8-18(16)26)10-12-27(13-11-21)20(28)14-29-19-9-5-3-7-17(19)22(23,24)25;22-21(23,24)15-6-2-4-8-17(15)29-13-18(27)26-11-9-20(10-12-26)14-5-1-3-7-16(14)25-19(20)28/h2-9H,10-15H2,1H3;1-8H,9-13H2,(H,25,28). The number of anilines is 2. The van der Waals surface area contributed by atoms with Crippen LogP contribution in [0.25, 0.3) is 0 Å². The maximum Gasteiger partial charge on any atom is 0.419 e. The number of ether oxygens (including phenoxy) is 1. The van der Waals surface area contributed by atoms with Crippen molar-refractivity contribution in [2.24, 2.45) is 0 Å². The molecule has 4 heterocycles. The number of alkyl halides is 6. The van der Waals surface area contributed by atoms with Crippen LogP contribution in [0.2, 0.25) is 0 Å². The minimum absolute atomic E-state index is 0.0336. The first-order chi connectivity index (χ1) is 27.6. The summed E-state index contributed by atoms with van der Waals surface area (Å²) in [7, 11) is 2.08. The third-order valence-electron chi connectivity index (χ3n) is 11.7. The van der Waals surface area contributed by atoms with Crippen LogP contribution < -0.4 is 15.0 Å². The molecule has 8 rings (SSSR count). The lowest BCUT2D eigenvalue weighted by atomic mass is 9.73. The number of nitrogens with one attached hydrogen (secondary N) is 1. The number of likely N-dealkylation sites (N-methyl/N-ethyl adjacent to an activating group) is 1. The number of hydrogen-bond acceptors (Lipinski definition) is 6. The zero-order valence-electron chi connectivity index (χ0n) is 31.7. The van der Waals surface area contributed by atoms with Gasteiger partial charge >= 0.3 is 12.4 Å². The normalized spacial score (nSPS) is 18.0. The first-order valence-electron chi connectivity index (χ1n) is 19.0. The molecule has 306 valence electrons. The van der Waals surface area contributed by atoms with E-state index >= 15 is 0 Å². The molecule has 4 aromatic rings. The number of benzene rings is 4. The minimum Gasteiger partial charge on any atom is -0.483 e. The largest absolute Gasteiger partial charge is 0.483 e. The first-order valence-corrected chi connectivity index (χ1v) is 20.0. The number of hydrogen-bond donors (Lipinski definition) is 1. The number of fused-ring (bicyclic) bond motifs is 4. The smallest absolute Gasteiger partial charge is 0.419 e. The Morgan fingerprint density at radius 3 is 1.95 bits per heavy atom. The molecule has 4 aromatic carbocycles. The molecule has 0 aromatic heterocycles. The van der Waals surface area contributed by atoms with Gasteiger partial charge in [0.25, 0.3) is 5.91 Å². The van der Waals surface area contributed by atoms with Crippen molar-refractivity contribution in [3.63, 3.8) is 0 Å². The van der Waals surface area contributed by atoms with E-state index in [0.29, 0.717) is 39.0 Å². The van der Waals surface area contributed by atoms with Crippen molar-refractivity contribution in [1.29, 1.82) is 0 Å². The Morgan fingerprint density at radius 1 is 0.707 bits per heavy atom. The highest BCUT2D eigenvalue weighted by Crippen LogP contribution is 2.47. The molecule has 15 heteroatoms. The number of thioether (sulfide) groups is 1. The zero-order chi connectivity index (χ0) is 41.3. The first kappa shape index (κ1) is 41.0. The number of amides is 3. The highest BCUT2D eigenvalue weighted by atomic mass is 32.2. The second-order valence-corrected chi connectivity index (χ2v) is 16.1. The lowest BCUT2D eigenvalue weighted by molar-refractivity contribution is -0.141. The molecule has 2 fully saturated rings. The van der Waals surface area contributed by atoms with Crippen molar-refractivity contribution in [1.82, 2.24) is 9.80 Å². The molecule has 0 saturated carbocycles. The molecule has 1 N–H and O–H groups in total. The van der Waals surface area contributed by atoms with Gasteiger partial charge in [-0.05, 0) is 73.2 Å². The second kappa shape index (κ2) is 16.2. The number of nitrogens with zero attached hydrogens (tertiary/aromatic N) is 3.